The molecule has 4 fully saturated rings. The summed E-state index contributed by atoms with van der Waals surface area (Å²) in [7, 11) is -3.51. The number of pyridine rings is 1. The number of piperazine rings is 1. The lowest BCUT2D eigenvalue weighted by atomic mass is 10.00. The number of halogens is 1. The van der Waals surface area contributed by atoms with Gasteiger partial charge in [0.25, 0.3) is 21.8 Å². The van der Waals surface area contributed by atoms with E-state index in [1.54, 1.807) is 18.3 Å². The maximum absolute atomic E-state index is 15.9. The molecule has 19 nitrogen and oxygen atoms in total. The summed E-state index contributed by atoms with van der Waals surface area (Å²) >= 11 is 0. The van der Waals surface area contributed by atoms with E-state index in [9.17, 15) is 27.6 Å². The quantitative estimate of drug-likeness (QED) is 0.183. The third-order valence-corrected chi connectivity index (χ3v) is 14.7. The van der Waals surface area contributed by atoms with Crippen LogP contribution >= 0.6 is 0 Å². The number of aromatic nitrogens is 7. The Morgan fingerprint density at radius 3 is 2.41 bits per heavy atom. The molecule has 1 aliphatic carbocycles. The Labute approximate surface area is 361 Å². The van der Waals surface area contributed by atoms with Crippen LogP contribution < -0.4 is 15.5 Å². The van der Waals surface area contributed by atoms with Gasteiger partial charge >= 0.3 is 0 Å². The van der Waals surface area contributed by atoms with Crippen molar-refractivity contribution in [2.24, 2.45) is 0 Å². The van der Waals surface area contributed by atoms with Crippen LogP contribution in [0.5, 0.6) is 0 Å². The third kappa shape index (κ3) is 7.50. The molecule has 1 unspecified atom stereocenters. The van der Waals surface area contributed by atoms with Gasteiger partial charge in [0.05, 0.1) is 45.2 Å². The molecule has 1 atom stereocenters. The smallest absolute Gasteiger partial charge is 0.265 e. The summed E-state index contributed by atoms with van der Waals surface area (Å²) in [4.78, 5) is 72.0. The number of nitrogens with one attached hydrogen (secondary N) is 2. The van der Waals surface area contributed by atoms with Crippen LogP contribution in [0.25, 0.3) is 22.3 Å². The fraction of sp³-hybridized carbons (Fsp3) is 0.452. The molecule has 4 aromatic heterocycles. The molecule has 0 spiro atoms. The first-order valence-electron chi connectivity index (χ1n) is 21.4. The number of anilines is 3. The molecule has 1 saturated carbocycles. The van der Waals surface area contributed by atoms with Crippen molar-refractivity contribution in [1.82, 2.24) is 53.9 Å². The lowest BCUT2D eigenvalue weighted by Crippen LogP contribution is -2.54. The molecule has 10 rings (SSSR count). The Hall–Kier alpha value is -6.19. The summed E-state index contributed by atoms with van der Waals surface area (Å²) in [5, 5.41) is 15.1. The first-order valence-corrected chi connectivity index (χ1v) is 22.9. The molecule has 4 amide bonds. The van der Waals surface area contributed by atoms with E-state index in [0.717, 1.165) is 77.8 Å². The number of fused-ring (bicyclic) bond motifs is 2. The number of carbonyl (C=O) groups is 4. The van der Waals surface area contributed by atoms with Gasteiger partial charge in [-0.3, -0.25) is 43.9 Å². The number of hydrogen-bond acceptors (Lipinski definition) is 15. The first kappa shape index (κ1) is 40.9. The molecule has 21 heteroatoms. The summed E-state index contributed by atoms with van der Waals surface area (Å²) < 4.78 is 44.3. The largest absolute Gasteiger partial charge is 0.352 e. The zero-order valence-corrected chi connectivity index (χ0v) is 35.6. The predicted octanol–water partition coefficient (Wildman–Crippen LogP) is 3.08. The van der Waals surface area contributed by atoms with Gasteiger partial charge in [-0.15, -0.1) is 0 Å². The lowest BCUT2D eigenvalue weighted by Gasteiger charge is -2.43. The topological polar surface area (TPSA) is 214 Å². The average Bonchev–Trinajstić information content (AvgIpc) is 3.81. The minimum Gasteiger partial charge on any atom is -0.352 e. The van der Waals surface area contributed by atoms with Crippen LogP contribution in [-0.4, -0.2) is 137 Å². The van der Waals surface area contributed by atoms with E-state index < -0.39 is 45.5 Å². The number of amides is 4. The van der Waals surface area contributed by atoms with Gasteiger partial charge in [-0.05, 0) is 71.2 Å². The van der Waals surface area contributed by atoms with Gasteiger partial charge in [-0.2, -0.15) is 14.3 Å². The van der Waals surface area contributed by atoms with Crippen molar-refractivity contribution >= 4 is 62.0 Å². The minimum absolute atomic E-state index is 0.00661. The molecule has 5 aliphatic rings. The maximum atomic E-state index is 15.9. The van der Waals surface area contributed by atoms with Gasteiger partial charge in [-0.1, -0.05) is 6.07 Å². The number of likely N-dealkylation sites (tertiary alicyclic amines) is 1. The summed E-state index contributed by atoms with van der Waals surface area (Å²) in [5.74, 6) is -1.22. The molecule has 8 heterocycles. The van der Waals surface area contributed by atoms with Gasteiger partial charge in [0.1, 0.15) is 23.5 Å². The van der Waals surface area contributed by atoms with Gasteiger partial charge < -0.3 is 10.2 Å². The van der Waals surface area contributed by atoms with E-state index in [0.29, 0.717) is 47.5 Å². The monoisotopic (exact) mass is 879 g/mol. The molecule has 0 bridgehead atoms. The first-order chi connectivity index (χ1) is 30.3. The summed E-state index contributed by atoms with van der Waals surface area (Å²) in [6.45, 7) is 9.24. The lowest BCUT2D eigenvalue weighted by molar-refractivity contribution is -0.136. The zero-order chi connectivity index (χ0) is 43.7. The molecule has 1 aromatic carbocycles. The third-order valence-electron chi connectivity index (χ3n) is 12.7. The highest BCUT2D eigenvalue weighted by atomic mass is 32.2. The highest BCUT2D eigenvalue weighted by Crippen LogP contribution is 2.34. The summed E-state index contributed by atoms with van der Waals surface area (Å²) in [6, 6.07) is 5.99. The van der Waals surface area contributed by atoms with Crippen molar-refractivity contribution in [3.05, 3.63) is 71.6 Å². The van der Waals surface area contributed by atoms with Crippen LogP contribution in [0.1, 0.15) is 84.7 Å². The molecule has 328 valence electrons. The number of carbonyl (C=O) groups excluding carboxylic acids is 4. The van der Waals surface area contributed by atoms with Gasteiger partial charge in [0.15, 0.2) is 11.6 Å². The number of nitrogens with zero attached hydrogens (tertiary/aromatic N) is 11. The SMILES string of the molecule is CC(C)n1nc(N2CCN(C3CCN(Cc4ccc5c(c4F)C(=O)N(C4CCC(=O)NC4=O)C5=O)CC3)CC2)c2cnc(Nc3ccnc(-c4cnn(S(=O)(=O)C5CC5)c4)n3)cc21. The normalized spacial score (nSPS) is 20.6. The van der Waals surface area contributed by atoms with Gasteiger partial charge in [-0.25, -0.2) is 27.8 Å². The minimum atomic E-state index is -3.51. The number of piperidine rings is 2. The average molecular weight is 880 g/mol. The Kier molecular flexibility index (Phi) is 10.3. The van der Waals surface area contributed by atoms with Crippen LogP contribution in [-0.2, 0) is 26.2 Å². The number of rotatable bonds is 11. The molecular weight excluding hydrogens is 834 g/mol. The second-order valence-corrected chi connectivity index (χ2v) is 19.2. The maximum Gasteiger partial charge on any atom is 0.265 e. The standard InChI is InChI=1S/C42H46FN13O6S/c1-24(2)56-32-19-34(47-33-9-12-44-38(48-33)26-20-46-54(23-26)63(61,62)28-4-5-28)45-21-30(32)39(50-56)53-17-15-52(16-18-53)27-10-13-51(14-11-27)22-25-3-6-29-36(37(25)43)42(60)55(41(29)59)31-7-8-35(57)49-40(31)58/h3,6,9,12,19-21,23-24,27-28,31H,4-5,7-8,10-11,13-18,22H2,1-2H3,(H,49,57,58)(H,44,45,47,48). The summed E-state index contributed by atoms with van der Waals surface area (Å²) in [5.41, 5.74) is 1.37. The second kappa shape index (κ2) is 15.9. The zero-order valence-electron chi connectivity index (χ0n) is 34.8. The summed E-state index contributed by atoms with van der Waals surface area (Å²) in [6.07, 6.45) is 9.43. The van der Waals surface area contributed by atoms with E-state index in [4.69, 9.17) is 10.1 Å². The number of imide groups is 2. The Bertz CT molecular complexity index is 2790. The number of benzene rings is 1. The fourth-order valence-electron chi connectivity index (χ4n) is 9.15. The molecule has 4 aliphatic heterocycles. The Morgan fingerprint density at radius 1 is 0.905 bits per heavy atom. The van der Waals surface area contributed by atoms with Crippen LogP contribution in [0, 0.1) is 5.82 Å². The van der Waals surface area contributed by atoms with Crippen molar-refractivity contribution < 1.29 is 32.0 Å². The van der Waals surface area contributed by atoms with E-state index in [2.05, 4.69) is 54.2 Å². The van der Waals surface area contributed by atoms with E-state index in [1.807, 2.05) is 16.9 Å². The van der Waals surface area contributed by atoms with Crippen molar-refractivity contribution in [3.8, 4) is 11.4 Å². The molecule has 3 saturated heterocycles. The Balaban J connectivity index is 0.757. The van der Waals surface area contributed by atoms with Crippen LogP contribution in [0.4, 0.5) is 21.8 Å². The fourth-order valence-corrected chi connectivity index (χ4v) is 10.6. The number of hydrogen-bond donors (Lipinski definition) is 2. The second-order valence-electron chi connectivity index (χ2n) is 17.1. The van der Waals surface area contributed by atoms with Crippen LogP contribution in [0.2, 0.25) is 0 Å². The van der Waals surface area contributed by atoms with E-state index in [1.165, 1.54) is 18.5 Å². The predicted molar refractivity (Wildman–Crippen MR) is 227 cm³/mol. The highest BCUT2D eigenvalue weighted by molar-refractivity contribution is 7.90. The molecule has 63 heavy (non-hydrogen) atoms. The van der Waals surface area contributed by atoms with Crippen molar-refractivity contribution in [1.29, 1.82) is 0 Å². The van der Waals surface area contributed by atoms with E-state index >= 15 is 4.39 Å². The van der Waals surface area contributed by atoms with Crippen LogP contribution in [0.3, 0.4) is 0 Å². The van der Waals surface area contributed by atoms with Gasteiger partial charge in [0, 0.05) is 75.3 Å². The molecular formula is C42H46FN13O6S. The molecule has 5 aromatic rings. The van der Waals surface area contributed by atoms with Crippen LogP contribution in [0.15, 0.2) is 49.1 Å². The van der Waals surface area contributed by atoms with Crippen molar-refractivity contribution in [3.63, 3.8) is 0 Å². The van der Waals surface area contributed by atoms with E-state index in [-0.39, 0.29) is 41.8 Å². The molecule has 0 radical (unpaired) electrons. The van der Waals surface area contributed by atoms with Crippen molar-refractivity contribution in [2.45, 2.75) is 82.3 Å². The van der Waals surface area contributed by atoms with Crippen molar-refractivity contribution in [2.75, 3.05) is 49.5 Å². The highest BCUT2D eigenvalue weighted by Gasteiger charge is 2.46. The van der Waals surface area contributed by atoms with Gasteiger partial charge in [0.2, 0.25) is 11.8 Å². The Morgan fingerprint density at radius 2 is 1.68 bits per heavy atom. The molecule has 2 N–H and O–H groups in total.